The highest BCUT2D eigenvalue weighted by Gasteiger charge is 2.10. The summed E-state index contributed by atoms with van der Waals surface area (Å²) >= 11 is 0. The number of rotatable bonds is 7. The van der Waals surface area contributed by atoms with Crippen LogP contribution < -0.4 is 4.72 Å². The molecule has 0 saturated carbocycles. The Morgan fingerprint density at radius 2 is 1.79 bits per heavy atom. The van der Waals surface area contributed by atoms with E-state index in [4.69, 9.17) is 4.42 Å². The molecule has 0 bridgehead atoms. The third-order valence-corrected chi connectivity index (χ3v) is 4.16. The summed E-state index contributed by atoms with van der Waals surface area (Å²) < 4.78 is 31.3. The maximum Gasteiger partial charge on any atom is 0.211 e. The predicted molar refractivity (Wildman–Crippen MR) is 74.3 cm³/mol. The van der Waals surface area contributed by atoms with E-state index in [-0.39, 0.29) is 5.75 Å². The first-order chi connectivity index (χ1) is 9.16. The predicted octanol–water partition coefficient (Wildman–Crippen LogP) is 1.98. The van der Waals surface area contributed by atoms with Crippen molar-refractivity contribution in [3.8, 4) is 0 Å². The fraction of sp³-hybridized carbons (Fsp3) is 0.286. The lowest BCUT2D eigenvalue weighted by Gasteiger charge is -2.06. The number of sulfonamides is 1. The molecule has 0 saturated heterocycles. The molecule has 0 fully saturated rings. The van der Waals surface area contributed by atoms with Gasteiger partial charge in [-0.1, -0.05) is 30.3 Å². The van der Waals surface area contributed by atoms with Gasteiger partial charge in [0.05, 0.1) is 12.0 Å². The first-order valence-corrected chi connectivity index (χ1v) is 7.84. The molecule has 0 aliphatic heterocycles. The Morgan fingerprint density at radius 1 is 1.00 bits per heavy atom. The highest BCUT2D eigenvalue weighted by Crippen LogP contribution is 2.02. The lowest BCUT2D eigenvalue weighted by atomic mass is 10.2. The molecule has 0 unspecified atom stereocenters. The van der Waals surface area contributed by atoms with Crippen LogP contribution in [0.25, 0.3) is 0 Å². The molecular weight excluding hydrogens is 262 g/mol. The molecule has 102 valence electrons. The minimum Gasteiger partial charge on any atom is -0.469 e. The fourth-order valence-electron chi connectivity index (χ4n) is 1.75. The number of aryl methyl sites for hydroxylation is 1. The van der Waals surface area contributed by atoms with Gasteiger partial charge in [-0.05, 0) is 24.1 Å². The van der Waals surface area contributed by atoms with E-state index in [1.165, 1.54) is 0 Å². The Balaban J connectivity index is 1.76. The number of hydrogen-bond acceptors (Lipinski definition) is 3. The van der Waals surface area contributed by atoms with Gasteiger partial charge in [0, 0.05) is 13.0 Å². The van der Waals surface area contributed by atoms with Crippen LogP contribution in [-0.4, -0.2) is 20.7 Å². The summed E-state index contributed by atoms with van der Waals surface area (Å²) in [6, 6.07) is 13.2. The number of hydrogen-bond donors (Lipinski definition) is 1. The summed E-state index contributed by atoms with van der Waals surface area (Å²) in [6.45, 7) is 0.366. The van der Waals surface area contributed by atoms with Crippen molar-refractivity contribution < 1.29 is 12.8 Å². The lowest BCUT2D eigenvalue weighted by molar-refractivity contribution is 0.506. The third kappa shape index (κ3) is 4.89. The number of furan rings is 1. The first kappa shape index (κ1) is 13.8. The van der Waals surface area contributed by atoms with E-state index >= 15 is 0 Å². The second kappa shape index (κ2) is 6.54. The van der Waals surface area contributed by atoms with Crippen molar-refractivity contribution >= 4 is 10.0 Å². The van der Waals surface area contributed by atoms with Crippen molar-refractivity contribution in [1.82, 2.24) is 4.72 Å². The molecule has 2 rings (SSSR count). The van der Waals surface area contributed by atoms with Gasteiger partial charge in [0.15, 0.2) is 0 Å². The van der Waals surface area contributed by atoms with Crippen LogP contribution in [0, 0.1) is 0 Å². The molecule has 1 N–H and O–H groups in total. The van der Waals surface area contributed by atoms with Gasteiger partial charge in [-0.3, -0.25) is 0 Å². The topological polar surface area (TPSA) is 59.3 Å². The molecule has 19 heavy (non-hydrogen) atoms. The molecule has 0 aliphatic rings. The Labute approximate surface area is 113 Å². The Bertz CT molecular complexity index is 576. The highest BCUT2D eigenvalue weighted by molar-refractivity contribution is 7.89. The molecule has 1 aromatic heterocycles. The zero-order valence-corrected chi connectivity index (χ0v) is 11.4. The van der Waals surface area contributed by atoms with Crippen LogP contribution in [0.15, 0.2) is 53.1 Å². The number of benzene rings is 1. The van der Waals surface area contributed by atoms with Gasteiger partial charge in [-0.15, -0.1) is 0 Å². The lowest BCUT2D eigenvalue weighted by Crippen LogP contribution is -2.29. The summed E-state index contributed by atoms with van der Waals surface area (Å²) in [5, 5.41) is 0. The van der Waals surface area contributed by atoms with Crippen LogP contribution in [0.5, 0.6) is 0 Å². The summed E-state index contributed by atoms with van der Waals surface area (Å²) in [4.78, 5) is 0. The van der Waals surface area contributed by atoms with Gasteiger partial charge in [0.2, 0.25) is 10.0 Å². The molecule has 1 aromatic carbocycles. The smallest absolute Gasteiger partial charge is 0.211 e. The second-order valence-corrected chi connectivity index (χ2v) is 6.20. The molecule has 2 aromatic rings. The molecule has 5 heteroatoms. The molecule has 0 amide bonds. The quantitative estimate of drug-likeness (QED) is 0.843. The standard InChI is InChI=1S/C14H17NO3S/c16-19(17,12-9-13-5-2-1-3-6-13)15-10-8-14-7-4-11-18-14/h1-7,11,15H,8-10,12H2. The van der Waals surface area contributed by atoms with Crippen LogP contribution >= 0.6 is 0 Å². The SMILES string of the molecule is O=S(=O)(CCc1ccccc1)NCCc1ccco1. The summed E-state index contributed by atoms with van der Waals surface area (Å²) in [5.74, 6) is 0.889. The van der Waals surface area contributed by atoms with Crippen molar-refractivity contribution in [1.29, 1.82) is 0 Å². The van der Waals surface area contributed by atoms with E-state index in [1.807, 2.05) is 36.4 Å². The molecule has 4 nitrogen and oxygen atoms in total. The fourth-order valence-corrected chi connectivity index (χ4v) is 2.82. The van der Waals surface area contributed by atoms with Gasteiger partial charge >= 0.3 is 0 Å². The highest BCUT2D eigenvalue weighted by atomic mass is 32.2. The summed E-state index contributed by atoms with van der Waals surface area (Å²) in [6.07, 6.45) is 2.67. The van der Waals surface area contributed by atoms with Gasteiger partial charge in [0.25, 0.3) is 0 Å². The van der Waals surface area contributed by atoms with E-state index in [9.17, 15) is 8.42 Å². The van der Waals surface area contributed by atoms with Crippen LogP contribution in [0.1, 0.15) is 11.3 Å². The van der Waals surface area contributed by atoms with Crippen molar-refractivity contribution in [2.24, 2.45) is 0 Å². The van der Waals surface area contributed by atoms with Crippen LogP contribution in [0.4, 0.5) is 0 Å². The molecule has 0 spiro atoms. The molecular formula is C14H17NO3S. The molecule has 1 heterocycles. The molecule has 0 aliphatic carbocycles. The van der Waals surface area contributed by atoms with Crippen molar-refractivity contribution in [2.45, 2.75) is 12.8 Å². The summed E-state index contributed by atoms with van der Waals surface area (Å²) in [5.41, 5.74) is 1.03. The van der Waals surface area contributed by atoms with E-state index in [2.05, 4.69) is 4.72 Å². The average Bonchev–Trinajstić information content (AvgIpc) is 2.91. The van der Waals surface area contributed by atoms with E-state index in [0.717, 1.165) is 11.3 Å². The normalized spacial score (nSPS) is 11.6. The van der Waals surface area contributed by atoms with Crippen molar-refractivity contribution in [3.05, 3.63) is 60.1 Å². The van der Waals surface area contributed by atoms with Crippen LogP contribution in [0.2, 0.25) is 0 Å². The average molecular weight is 279 g/mol. The van der Waals surface area contributed by atoms with Crippen LogP contribution in [-0.2, 0) is 22.9 Å². The summed E-state index contributed by atoms with van der Waals surface area (Å²) in [7, 11) is -3.22. The monoisotopic (exact) mass is 279 g/mol. The minimum absolute atomic E-state index is 0.106. The zero-order valence-electron chi connectivity index (χ0n) is 10.6. The van der Waals surface area contributed by atoms with Crippen molar-refractivity contribution in [2.75, 3.05) is 12.3 Å². The van der Waals surface area contributed by atoms with Crippen molar-refractivity contribution in [3.63, 3.8) is 0 Å². The Morgan fingerprint density at radius 3 is 2.47 bits per heavy atom. The largest absolute Gasteiger partial charge is 0.469 e. The Kier molecular flexibility index (Phi) is 4.76. The maximum atomic E-state index is 11.8. The van der Waals surface area contributed by atoms with E-state index in [1.54, 1.807) is 12.3 Å². The zero-order chi connectivity index (χ0) is 13.6. The second-order valence-electron chi connectivity index (χ2n) is 4.28. The van der Waals surface area contributed by atoms with Gasteiger partial charge in [0.1, 0.15) is 5.76 Å². The van der Waals surface area contributed by atoms with Gasteiger partial charge in [-0.2, -0.15) is 0 Å². The van der Waals surface area contributed by atoms with E-state index < -0.39 is 10.0 Å². The van der Waals surface area contributed by atoms with Crippen LogP contribution in [0.3, 0.4) is 0 Å². The van der Waals surface area contributed by atoms with Gasteiger partial charge in [-0.25, -0.2) is 13.1 Å². The first-order valence-electron chi connectivity index (χ1n) is 6.19. The minimum atomic E-state index is -3.22. The number of nitrogens with one attached hydrogen (secondary N) is 1. The Hall–Kier alpha value is -1.59. The van der Waals surface area contributed by atoms with E-state index in [0.29, 0.717) is 19.4 Å². The third-order valence-electron chi connectivity index (χ3n) is 2.78. The molecule has 0 atom stereocenters. The molecule has 0 radical (unpaired) electrons. The van der Waals surface area contributed by atoms with Gasteiger partial charge < -0.3 is 4.42 Å². The maximum absolute atomic E-state index is 11.8.